The number of sulfonamides is 1. The molecule has 29 heavy (non-hydrogen) atoms. The number of alkyl halides is 3. The summed E-state index contributed by atoms with van der Waals surface area (Å²) in [5, 5.41) is 6.22. The number of halogens is 4. The lowest BCUT2D eigenvalue weighted by atomic mass is 10.1. The minimum Gasteiger partial charge on any atom is -0.481 e. The van der Waals surface area contributed by atoms with Crippen molar-refractivity contribution in [1.29, 1.82) is 0 Å². The molecule has 1 aromatic rings. The molecule has 8 nitrogen and oxygen atoms in total. The van der Waals surface area contributed by atoms with E-state index in [0.29, 0.717) is 29.2 Å². The van der Waals surface area contributed by atoms with Crippen LogP contribution in [-0.4, -0.2) is 62.0 Å². The zero-order valence-electron chi connectivity index (χ0n) is 16.1. The molecule has 1 aromatic heterocycles. The van der Waals surface area contributed by atoms with Crippen LogP contribution in [0, 0.1) is 0 Å². The van der Waals surface area contributed by atoms with Gasteiger partial charge in [-0.2, -0.15) is 17.5 Å². The Kier molecular flexibility index (Phi) is 9.88. The number of aliphatic imine (C=N–C) groups is 1. The van der Waals surface area contributed by atoms with Gasteiger partial charge in [-0.1, -0.05) is 6.07 Å². The van der Waals surface area contributed by atoms with E-state index in [0.717, 1.165) is 5.56 Å². The molecule has 0 bridgehead atoms. The number of ether oxygens (including phenoxy) is 1. The third-order valence-electron chi connectivity index (χ3n) is 4.20. The predicted molar refractivity (Wildman–Crippen MR) is 114 cm³/mol. The number of nitrogens with zero attached hydrogens (tertiary/aromatic N) is 3. The summed E-state index contributed by atoms with van der Waals surface area (Å²) in [7, 11) is -3.74. The van der Waals surface area contributed by atoms with Crippen molar-refractivity contribution in [1.82, 2.24) is 19.9 Å². The smallest absolute Gasteiger partial charge is 0.481 e. The first-order chi connectivity index (χ1) is 13.2. The fourth-order valence-electron chi connectivity index (χ4n) is 2.70. The van der Waals surface area contributed by atoms with Crippen molar-refractivity contribution in [3.05, 3.63) is 23.9 Å². The van der Waals surface area contributed by atoms with Gasteiger partial charge in [-0.25, -0.2) is 18.4 Å². The van der Waals surface area contributed by atoms with Gasteiger partial charge in [-0.15, -0.1) is 24.0 Å². The summed E-state index contributed by atoms with van der Waals surface area (Å²) in [6.07, 6.45) is 2.15. The van der Waals surface area contributed by atoms with Crippen molar-refractivity contribution < 1.29 is 26.3 Å². The molecule has 0 unspecified atom stereocenters. The SMILES string of the molecule is CCNC(=NCc1ccc(OC)nc1)NC1CCN(S(=O)(=O)C(F)(F)F)CC1.I. The van der Waals surface area contributed by atoms with Crippen molar-refractivity contribution in [3.63, 3.8) is 0 Å². The molecular formula is C16H25F3IN5O3S. The maximum absolute atomic E-state index is 12.6. The first kappa shape index (κ1) is 25.7. The predicted octanol–water partition coefficient (Wildman–Crippen LogP) is 2.08. The lowest BCUT2D eigenvalue weighted by molar-refractivity contribution is -0.0494. The number of piperidine rings is 1. The Morgan fingerprint density at radius 3 is 2.48 bits per heavy atom. The fourth-order valence-corrected chi connectivity index (χ4v) is 3.68. The highest BCUT2D eigenvalue weighted by Gasteiger charge is 2.50. The van der Waals surface area contributed by atoms with Gasteiger partial charge in [-0.3, -0.25) is 0 Å². The van der Waals surface area contributed by atoms with Crippen LogP contribution < -0.4 is 15.4 Å². The van der Waals surface area contributed by atoms with E-state index in [1.165, 1.54) is 7.11 Å². The minimum absolute atomic E-state index is 0. The van der Waals surface area contributed by atoms with Gasteiger partial charge in [0.15, 0.2) is 5.96 Å². The number of nitrogens with one attached hydrogen (secondary N) is 2. The van der Waals surface area contributed by atoms with Crippen LogP contribution in [0.2, 0.25) is 0 Å². The largest absolute Gasteiger partial charge is 0.511 e. The molecule has 1 aliphatic heterocycles. The van der Waals surface area contributed by atoms with E-state index in [4.69, 9.17) is 4.74 Å². The number of hydrogen-bond donors (Lipinski definition) is 2. The van der Waals surface area contributed by atoms with Crippen molar-refractivity contribution in [2.75, 3.05) is 26.7 Å². The molecule has 13 heteroatoms. The number of aromatic nitrogens is 1. The summed E-state index contributed by atoms with van der Waals surface area (Å²) in [4.78, 5) is 8.54. The normalized spacial score (nSPS) is 16.8. The molecule has 2 rings (SSSR count). The van der Waals surface area contributed by atoms with Gasteiger partial charge in [0.2, 0.25) is 5.88 Å². The molecule has 0 radical (unpaired) electrons. The van der Waals surface area contributed by atoms with Crippen LogP contribution in [-0.2, 0) is 16.6 Å². The van der Waals surface area contributed by atoms with Crippen LogP contribution in [0.3, 0.4) is 0 Å². The molecule has 1 aliphatic rings. The third kappa shape index (κ3) is 7.13. The maximum Gasteiger partial charge on any atom is 0.511 e. The van der Waals surface area contributed by atoms with Crippen molar-refractivity contribution >= 4 is 40.0 Å². The van der Waals surface area contributed by atoms with Crippen molar-refractivity contribution in [2.45, 2.75) is 37.9 Å². The van der Waals surface area contributed by atoms with Gasteiger partial charge >= 0.3 is 15.5 Å². The Balaban J connectivity index is 0.00000420. The number of methoxy groups -OCH3 is 1. The molecule has 0 saturated carbocycles. The maximum atomic E-state index is 12.6. The summed E-state index contributed by atoms with van der Waals surface area (Å²) in [6.45, 7) is 2.47. The highest BCUT2D eigenvalue weighted by molar-refractivity contribution is 14.0. The molecule has 0 aliphatic carbocycles. The van der Waals surface area contributed by atoms with E-state index in [1.54, 1.807) is 12.3 Å². The molecule has 166 valence electrons. The summed E-state index contributed by atoms with van der Waals surface area (Å²) >= 11 is 0. The van der Waals surface area contributed by atoms with E-state index in [9.17, 15) is 21.6 Å². The van der Waals surface area contributed by atoms with Crippen LogP contribution in [0.15, 0.2) is 23.3 Å². The monoisotopic (exact) mass is 551 g/mol. The second-order valence-corrected chi connectivity index (χ2v) is 8.10. The van der Waals surface area contributed by atoms with Crippen LogP contribution in [0.25, 0.3) is 0 Å². The number of hydrogen-bond acceptors (Lipinski definition) is 5. The molecule has 1 saturated heterocycles. The molecule has 2 N–H and O–H groups in total. The Bertz CT molecular complexity index is 767. The average Bonchev–Trinajstić information content (AvgIpc) is 2.66. The topological polar surface area (TPSA) is 95.9 Å². The summed E-state index contributed by atoms with van der Waals surface area (Å²) in [6, 6.07) is 3.38. The van der Waals surface area contributed by atoms with Crippen molar-refractivity contribution in [2.24, 2.45) is 4.99 Å². The number of pyridine rings is 1. The van der Waals surface area contributed by atoms with E-state index in [2.05, 4.69) is 20.6 Å². The van der Waals surface area contributed by atoms with Gasteiger partial charge in [-0.05, 0) is 25.3 Å². The van der Waals surface area contributed by atoms with Gasteiger partial charge in [0, 0.05) is 37.9 Å². The molecule has 1 fully saturated rings. The third-order valence-corrected chi connectivity index (χ3v) is 5.83. The standard InChI is InChI=1S/C16H24F3N5O3S.HI/c1-3-20-15(22-11-12-4-5-14(27-2)21-10-12)23-13-6-8-24(9-7-13)28(25,26)16(17,18)19;/h4-5,10,13H,3,6-9,11H2,1-2H3,(H2,20,22,23);1H. The molecule has 0 spiro atoms. The fraction of sp³-hybridized carbons (Fsp3) is 0.625. The second-order valence-electron chi connectivity index (χ2n) is 6.17. The summed E-state index contributed by atoms with van der Waals surface area (Å²) in [5.74, 6) is 1.01. The lowest BCUT2D eigenvalue weighted by Crippen LogP contribution is -2.51. The van der Waals surface area contributed by atoms with Gasteiger partial charge in [0.05, 0.1) is 13.7 Å². The van der Waals surface area contributed by atoms with Crippen LogP contribution in [0.5, 0.6) is 5.88 Å². The number of guanidine groups is 1. The Morgan fingerprint density at radius 1 is 1.34 bits per heavy atom. The molecule has 0 amide bonds. The van der Waals surface area contributed by atoms with Crippen LogP contribution in [0.1, 0.15) is 25.3 Å². The molecule has 2 heterocycles. The van der Waals surface area contributed by atoms with Gasteiger partial charge in [0.25, 0.3) is 0 Å². The van der Waals surface area contributed by atoms with E-state index < -0.39 is 15.5 Å². The Morgan fingerprint density at radius 2 is 2.00 bits per heavy atom. The quantitative estimate of drug-likeness (QED) is 0.320. The van der Waals surface area contributed by atoms with Gasteiger partial charge in [0.1, 0.15) is 0 Å². The molecule has 0 atom stereocenters. The van der Waals surface area contributed by atoms with Crippen LogP contribution in [0.4, 0.5) is 13.2 Å². The Hall–Kier alpha value is -1.35. The average molecular weight is 551 g/mol. The number of rotatable bonds is 6. The zero-order valence-corrected chi connectivity index (χ0v) is 19.2. The highest BCUT2D eigenvalue weighted by atomic mass is 127. The zero-order chi connectivity index (χ0) is 20.8. The second kappa shape index (κ2) is 11.2. The Labute approximate surface area is 185 Å². The highest BCUT2D eigenvalue weighted by Crippen LogP contribution is 2.28. The first-order valence-corrected chi connectivity index (χ1v) is 10.2. The van der Waals surface area contributed by atoms with E-state index >= 15 is 0 Å². The lowest BCUT2D eigenvalue weighted by Gasteiger charge is -2.32. The summed E-state index contributed by atoms with van der Waals surface area (Å²) < 4.78 is 66.4. The molecular weight excluding hydrogens is 526 g/mol. The molecule has 0 aromatic carbocycles. The van der Waals surface area contributed by atoms with Gasteiger partial charge < -0.3 is 15.4 Å². The first-order valence-electron chi connectivity index (χ1n) is 8.77. The minimum atomic E-state index is -5.27. The van der Waals surface area contributed by atoms with Crippen LogP contribution >= 0.6 is 24.0 Å². The summed E-state index contributed by atoms with van der Waals surface area (Å²) in [5.41, 5.74) is -4.40. The van der Waals surface area contributed by atoms with E-state index in [1.807, 2.05) is 13.0 Å². The van der Waals surface area contributed by atoms with Crippen molar-refractivity contribution in [3.8, 4) is 5.88 Å². The van der Waals surface area contributed by atoms with E-state index in [-0.39, 0.29) is 55.9 Å².